The van der Waals surface area contributed by atoms with Crippen molar-refractivity contribution in [1.82, 2.24) is 0 Å². The smallest absolute Gasteiger partial charge is 0.419 e. The van der Waals surface area contributed by atoms with E-state index in [0.717, 1.165) is 18.2 Å². The van der Waals surface area contributed by atoms with Gasteiger partial charge in [-0.2, -0.15) is 13.2 Å². The third-order valence-corrected chi connectivity index (χ3v) is 3.03. The fraction of sp³-hybridized carbons (Fsp3) is 0.235. The lowest BCUT2D eigenvalue weighted by Crippen LogP contribution is -2.17. The second-order valence-electron chi connectivity index (χ2n) is 4.88. The van der Waals surface area contributed by atoms with E-state index < -0.39 is 23.6 Å². The van der Waals surface area contributed by atoms with Gasteiger partial charge in [0.1, 0.15) is 18.1 Å². The van der Waals surface area contributed by atoms with E-state index in [1.54, 1.807) is 30.3 Å². The quantitative estimate of drug-likeness (QED) is 0.783. The summed E-state index contributed by atoms with van der Waals surface area (Å²) in [6.45, 7) is 0.0719. The van der Waals surface area contributed by atoms with Crippen molar-refractivity contribution in [2.75, 3.05) is 25.6 Å². The molecule has 0 aromatic heterocycles. The van der Waals surface area contributed by atoms with Gasteiger partial charge in [0.25, 0.3) is 0 Å². The molecule has 0 aliphatic rings. The topological polar surface area (TPSA) is 56.8 Å². The van der Waals surface area contributed by atoms with Crippen molar-refractivity contribution in [2.45, 2.75) is 6.18 Å². The molecule has 0 saturated heterocycles. The fourth-order valence-corrected chi connectivity index (χ4v) is 1.93. The average molecular weight is 355 g/mol. The number of ether oxygens (including phenoxy) is 3. The molecule has 2 rings (SSSR count). The van der Waals surface area contributed by atoms with E-state index in [2.05, 4.69) is 5.32 Å². The highest BCUT2D eigenvalue weighted by Gasteiger charge is 2.34. The first kappa shape index (κ1) is 18.6. The van der Waals surface area contributed by atoms with Crippen LogP contribution < -0.4 is 14.8 Å². The van der Waals surface area contributed by atoms with Crippen molar-refractivity contribution in [3.63, 3.8) is 0 Å². The predicted molar refractivity (Wildman–Crippen MR) is 84.9 cm³/mol. The molecule has 0 fully saturated rings. The molecule has 25 heavy (non-hydrogen) atoms. The van der Waals surface area contributed by atoms with Gasteiger partial charge in [0.15, 0.2) is 0 Å². The molecule has 2 aromatic rings. The van der Waals surface area contributed by atoms with Gasteiger partial charge in [0.2, 0.25) is 0 Å². The molecule has 2 aromatic carbocycles. The van der Waals surface area contributed by atoms with Crippen LogP contribution >= 0.6 is 0 Å². The highest BCUT2D eigenvalue weighted by molar-refractivity contribution is 5.86. The number of anilines is 1. The first-order valence-electron chi connectivity index (χ1n) is 7.27. The van der Waals surface area contributed by atoms with Crippen molar-refractivity contribution in [2.24, 2.45) is 0 Å². The molecule has 134 valence electrons. The van der Waals surface area contributed by atoms with E-state index in [1.807, 2.05) is 0 Å². The third-order valence-electron chi connectivity index (χ3n) is 3.03. The molecule has 0 unspecified atom stereocenters. The Balaban J connectivity index is 2.12. The Morgan fingerprint density at radius 2 is 1.80 bits per heavy atom. The summed E-state index contributed by atoms with van der Waals surface area (Å²) in [7, 11) is 1.41. The Bertz CT molecular complexity index is 705. The van der Waals surface area contributed by atoms with Crippen molar-refractivity contribution in [1.29, 1.82) is 0 Å². The first-order chi connectivity index (χ1) is 11.9. The number of nitrogens with one attached hydrogen (secondary N) is 1. The summed E-state index contributed by atoms with van der Waals surface area (Å²) in [6, 6.07) is 11.3. The summed E-state index contributed by atoms with van der Waals surface area (Å²) >= 11 is 0. The van der Waals surface area contributed by atoms with Gasteiger partial charge in [0.05, 0.1) is 12.2 Å². The van der Waals surface area contributed by atoms with Gasteiger partial charge in [-0.25, -0.2) is 4.79 Å². The van der Waals surface area contributed by atoms with Crippen LogP contribution in [0.1, 0.15) is 5.56 Å². The lowest BCUT2D eigenvalue weighted by atomic mass is 10.1. The number of amides is 1. The molecular weight excluding hydrogens is 339 g/mol. The van der Waals surface area contributed by atoms with Crippen LogP contribution in [0.2, 0.25) is 0 Å². The molecule has 0 aliphatic heterocycles. The number of rotatable bonds is 6. The molecule has 0 radical (unpaired) electrons. The van der Waals surface area contributed by atoms with Crippen molar-refractivity contribution in [3.8, 4) is 11.5 Å². The van der Waals surface area contributed by atoms with Gasteiger partial charge in [-0.1, -0.05) is 18.2 Å². The Morgan fingerprint density at radius 1 is 1.08 bits per heavy atom. The largest absolute Gasteiger partial charge is 0.490 e. The number of hydrogen-bond acceptors (Lipinski definition) is 4. The van der Waals surface area contributed by atoms with Gasteiger partial charge >= 0.3 is 12.3 Å². The summed E-state index contributed by atoms with van der Waals surface area (Å²) in [5.74, 6) is -0.0921. The molecule has 0 aliphatic carbocycles. The number of halogens is 3. The minimum absolute atomic E-state index is 0.0580. The average Bonchev–Trinajstić information content (AvgIpc) is 2.55. The highest BCUT2D eigenvalue weighted by Crippen LogP contribution is 2.37. The summed E-state index contributed by atoms with van der Waals surface area (Å²) in [5, 5.41) is 2.36. The molecule has 1 amide bonds. The monoisotopic (exact) mass is 355 g/mol. The molecule has 0 atom stereocenters. The maximum absolute atomic E-state index is 13.0. The fourth-order valence-electron chi connectivity index (χ4n) is 1.93. The van der Waals surface area contributed by atoms with E-state index in [4.69, 9.17) is 14.2 Å². The van der Waals surface area contributed by atoms with E-state index in [1.165, 1.54) is 7.11 Å². The van der Waals surface area contributed by atoms with Crippen LogP contribution in [-0.4, -0.2) is 26.4 Å². The maximum Gasteiger partial charge on any atom is 0.419 e. The summed E-state index contributed by atoms with van der Waals surface area (Å²) in [4.78, 5) is 11.8. The summed E-state index contributed by atoms with van der Waals surface area (Å²) in [5.41, 5.74) is -0.827. The SMILES string of the molecule is COCCOc1cc(NC(=O)Oc2ccccc2)ccc1C(F)(F)F. The number of carbonyl (C=O) groups excluding carboxylic acids is 1. The molecule has 0 heterocycles. The number of para-hydroxylation sites is 1. The molecule has 0 spiro atoms. The highest BCUT2D eigenvalue weighted by atomic mass is 19.4. The lowest BCUT2D eigenvalue weighted by Gasteiger charge is -2.15. The summed E-state index contributed by atoms with van der Waals surface area (Å²) < 4.78 is 53.9. The van der Waals surface area contributed by atoms with Gasteiger partial charge in [-0.3, -0.25) is 5.32 Å². The molecule has 5 nitrogen and oxygen atoms in total. The van der Waals surface area contributed by atoms with E-state index >= 15 is 0 Å². The number of methoxy groups -OCH3 is 1. The van der Waals surface area contributed by atoms with E-state index in [9.17, 15) is 18.0 Å². The lowest BCUT2D eigenvalue weighted by molar-refractivity contribution is -0.139. The van der Waals surface area contributed by atoms with Crippen molar-refractivity contribution >= 4 is 11.8 Å². The van der Waals surface area contributed by atoms with Crippen LogP contribution in [0.3, 0.4) is 0 Å². The standard InChI is InChI=1S/C17H16F3NO4/c1-23-9-10-24-15-11-12(7-8-14(15)17(18,19)20)21-16(22)25-13-5-3-2-4-6-13/h2-8,11H,9-10H2,1H3,(H,21,22). The molecule has 0 saturated carbocycles. The summed E-state index contributed by atoms with van der Waals surface area (Å²) in [6.07, 6.45) is -5.40. The zero-order valence-corrected chi connectivity index (χ0v) is 13.3. The van der Waals surface area contributed by atoms with Crippen LogP contribution in [0.5, 0.6) is 11.5 Å². The van der Waals surface area contributed by atoms with Crippen molar-refractivity contribution < 1.29 is 32.2 Å². The normalized spacial score (nSPS) is 11.0. The minimum Gasteiger partial charge on any atom is -0.490 e. The molecule has 8 heteroatoms. The van der Waals surface area contributed by atoms with Gasteiger partial charge in [-0.05, 0) is 24.3 Å². The number of alkyl halides is 3. The van der Waals surface area contributed by atoms with Gasteiger partial charge < -0.3 is 14.2 Å². The van der Waals surface area contributed by atoms with E-state index in [0.29, 0.717) is 5.75 Å². The van der Waals surface area contributed by atoms with Crippen LogP contribution in [0.15, 0.2) is 48.5 Å². The Kier molecular flexibility index (Phi) is 6.24. The zero-order valence-electron chi connectivity index (χ0n) is 13.3. The van der Waals surface area contributed by atoms with Crippen LogP contribution in [0.4, 0.5) is 23.7 Å². The van der Waals surface area contributed by atoms with Gasteiger partial charge in [-0.15, -0.1) is 0 Å². The Morgan fingerprint density at radius 3 is 2.44 bits per heavy atom. The van der Waals surface area contributed by atoms with Crippen LogP contribution in [0.25, 0.3) is 0 Å². The number of hydrogen-bond donors (Lipinski definition) is 1. The second-order valence-corrected chi connectivity index (χ2v) is 4.88. The Labute approximate surface area is 142 Å². The molecule has 1 N–H and O–H groups in total. The van der Waals surface area contributed by atoms with Crippen LogP contribution in [-0.2, 0) is 10.9 Å². The van der Waals surface area contributed by atoms with Gasteiger partial charge in [0, 0.05) is 18.9 Å². The maximum atomic E-state index is 13.0. The second kappa shape index (κ2) is 8.39. The first-order valence-corrected chi connectivity index (χ1v) is 7.27. The minimum atomic E-state index is -4.58. The molecular formula is C17H16F3NO4. The number of benzene rings is 2. The van der Waals surface area contributed by atoms with Crippen LogP contribution in [0, 0.1) is 0 Å². The predicted octanol–water partition coefficient (Wildman–Crippen LogP) is 4.34. The van der Waals surface area contributed by atoms with E-state index in [-0.39, 0.29) is 18.9 Å². The Hall–Kier alpha value is -2.74. The zero-order chi connectivity index (χ0) is 18.3. The number of carbonyl (C=O) groups is 1. The third kappa shape index (κ3) is 5.68. The molecule has 0 bridgehead atoms. The van der Waals surface area contributed by atoms with Crippen molar-refractivity contribution in [3.05, 3.63) is 54.1 Å².